The molecular formula is C15H30O3Si. The standard InChI is InChI=1S/C15H30O3Si/c1-7-12(14-13(10-16)8-9-17-14)11-18-19(5,6)15(2,3)4/h7,12-14,16H,1,8-11H2,2-6H3/t12?,13-,14-/m0/s1. The van der Waals surface area contributed by atoms with E-state index in [4.69, 9.17) is 9.16 Å². The Morgan fingerprint density at radius 2 is 2.11 bits per heavy atom. The second-order valence-electron chi connectivity index (χ2n) is 7.04. The first-order valence-corrected chi connectivity index (χ1v) is 10.1. The molecular weight excluding hydrogens is 256 g/mol. The summed E-state index contributed by atoms with van der Waals surface area (Å²) in [6, 6.07) is 0. The predicted molar refractivity (Wildman–Crippen MR) is 81.8 cm³/mol. The summed E-state index contributed by atoms with van der Waals surface area (Å²) in [6.07, 6.45) is 2.92. The molecule has 0 aromatic carbocycles. The Balaban J connectivity index is 2.61. The van der Waals surface area contributed by atoms with Gasteiger partial charge in [0.25, 0.3) is 0 Å². The minimum atomic E-state index is -1.73. The van der Waals surface area contributed by atoms with Gasteiger partial charge >= 0.3 is 0 Å². The van der Waals surface area contributed by atoms with Gasteiger partial charge in [0.2, 0.25) is 0 Å². The number of hydrogen-bond acceptors (Lipinski definition) is 3. The lowest BCUT2D eigenvalue weighted by atomic mass is 9.92. The molecule has 1 unspecified atom stereocenters. The highest BCUT2D eigenvalue weighted by molar-refractivity contribution is 6.74. The first-order chi connectivity index (χ1) is 8.73. The maximum atomic E-state index is 9.39. The molecule has 1 aliphatic heterocycles. The molecule has 0 saturated carbocycles. The molecule has 0 spiro atoms. The summed E-state index contributed by atoms with van der Waals surface area (Å²) in [5.74, 6) is 0.403. The maximum Gasteiger partial charge on any atom is 0.192 e. The van der Waals surface area contributed by atoms with Gasteiger partial charge in [-0.25, -0.2) is 0 Å². The third-order valence-corrected chi connectivity index (χ3v) is 9.17. The fourth-order valence-electron chi connectivity index (χ4n) is 2.14. The predicted octanol–water partition coefficient (Wildman–Crippen LogP) is 3.21. The topological polar surface area (TPSA) is 38.7 Å². The number of ether oxygens (including phenoxy) is 1. The van der Waals surface area contributed by atoms with E-state index in [9.17, 15) is 5.11 Å². The zero-order valence-corrected chi connectivity index (χ0v) is 14.1. The maximum absolute atomic E-state index is 9.39. The Kier molecular flexibility index (Phi) is 5.80. The van der Waals surface area contributed by atoms with Crippen molar-refractivity contribution in [3.05, 3.63) is 12.7 Å². The molecule has 1 rings (SSSR count). The molecule has 0 aromatic rings. The highest BCUT2D eigenvalue weighted by atomic mass is 28.4. The van der Waals surface area contributed by atoms with Gasteiger partial charge in [-0.05, 0) is 24.6 Å². The molecule has 0 aromatic heterocycles. The van der Waals surface area contributed by atoms with Crippen molar-refractivity contribution < 1.29 is 14.3 Å². The van der Waals surface area contributed by atoms with Crippen molar-refractivity contribution in [1.29, 1.82) is 0 Å². The Hall–Kier alpha value is -0.163. The summed E-state index contributed by atoms with van der Waals surface area (Å²) in [7, 11) is -1.73. The Bertz CT molecular complexity index is 296. The fraction of sp³-hybridized carbons (Fsp3) is 0.867. The number of rotatable bonds is 6. The fourth-order valence-corrected chi connectivity index (χ4v) is 3.18. The first kappa shape index (κ1) is 16.9. The van der Waals surface area contributed by atoms with E-state index >= 15 is 0 Å². The Morgan fingerprint density at radius 3 is 2.58 bits per heavy atom. The minimum Gasteiger partial charge on any atom is -0.416 e. The van der Waals surface area contributed by atoms with Crippen LogP contribution in [0.5, 0.6) is 0 Å². The van der Waals surface area contributed by atoms with Crippen LogP contribution >= 0.6 is 0 Å². The highest BCUT2D eigenvalue weighted by Gasteiger charge is 2.39. The van der Waals surface area contributed by atoms with Crippen LogP contribution < -0.4 is 0 Å². The molecule has 1 fully saturated rings. The summed E-state index contributed by atoms with van der Waals surface area (Å²) in [5, 5.41) is 9.61. The smallest absolute Gasteiger partial charge is 0.192 e. The molecule has 1 saturated heterocycles. The average molecular weight is 286 g/mol. The Morgan fingerprint density at radius 1 is 1.47 bits per heavy atom. The van der Waals surface area contributed by atoms with Crippen LogP contribution in [0.2, 0.25) is 18.1 Å². The van der Waals surface area contributed by atoms with Crippen LogP contribution in [0.4, 0.5) is 0 Å². The molecule has 4 heteroatoms. The molecule has 1 N–H and O–H groups in total. The molecule has 1 heterocycles. The summed E-state index contributed by atoms with van der Waals surface area (Å²) < 4.78 is 12.0. The van der Waals surface area contributed by atoms with Crippen molar-refractivity contribution in [2.45, 2.75) is 51.4 Å². The van der Waals surface area contributed by atoms with Gasteiger partial charge < -0.3 is 14.3 Å². The van der Waals surface area contributed by atoms with Crippen LogP contribution in [0.25, 0.3) is 0 Å². The van der Waals surface area contributed by atoms with E-state index in [0.29, 0.717) is 6.61 Å². The summed E-state index contributed by atoms with van der Waals surface area (Å²) >= 11 is 0. The number of aliphatic hydroxyl groups is 1. The van der Waals surface area contributed by atoms with E-state index < -0.39 is 8.32 Å². The van der Waals surface area contributed by atoms with Gasteiger partial charge in [0.05, 0.1) is 6.10 Å². The van der Waals surface area contributed by atoms with Gasteiger partial charge in [-0.2, -0.15) is 0 Å². The van der Waals surface area contributed by atoms with Gasteiger partial charge in [0.1, 0.15) is 0 Å². The van der Waals surface area contributed by atoms with E-state index in [1.807, 2.05) is 6.08 Å². The molecule has 3 nitrogen and oxygen atoms in total. The van der Waals surface area contributed by atoms with Crippen LogP contribution in [-0.2, 0) is 9.16 Å². The highest BCUT2D eigenvalue weighted by Crippen LogP contribution is 2.37. The third-order valence-electron chi connectivity index (χ3n) is 4.67. The third kappa shape index (κ3) is 4.15. The molecule has 1 aliphatic rings. The van der Waals surface area contributed by atoms with Gasteiger partial charge in [-0.15, -0.1) is 6.58 Å². The molecule has 3 atom stereocenters. The Labute approximate surface area is 119 Å². The van der Waals surface area contributed by atoms with Crippen molar-refractivity contribution >= 4 is 8.32 Å². The lowest BCUT2D eigenvalue weighted by molar-refractivity contribution is 0.0251. The van der Waals surface area contributed by atoms with E-state index in [-0.39, 0.29) is 29.6 Å². The minimum absolute atomic E-state index is 0.0623. The lowest BCUT2D eigenvalue weighted by Crippen LogP contribution is -2.43. The van der Waals surface area contributed by atoms with Crippen LogP contribution in [0.15, 0.2) is 12.7 Å². The van der Waals surface area contributed by atoms with Gasteiger partial charge in [-0.3, -0.25) is 0 Å². The second-order valence-corrected chi connectivity index (χ2v) is 11.8. The summed E-state index contributed by atoms with van der Waals surface area (Å²) in [5.41, 5.74) is 0. The van der Waals surface area contributed by atoms with Crippen LogP contribution in [0.1, 0.15) is 27.2 Å². The first-order valence-electron chi connectivity index (χ1n) is 7.22. The normalized spacial score (nSPS) is 26.4. The average Bonchev–Trinajstić information content (AvgIpc) is 2.76. The van der Waals surface area contributed by atoms with Gasteiger partial charge in [0.15, 0.2) is 8.32 Å². The van der Waals surface area contributed by atoms with E-state index in [1.54, 1.807) is 0 Å². The van der Waals surface area contributed by atoms with Crippen LogP contribution in [0.3, 0.4) is 0 Å². The SMILES string of the molecule is C=CC(CO[Si](C)(C)C(C)(C)C)[C@@H]1OCC[C@H]1CO. The molecule has 0 aliphatic carbocycles. The van der Waals surface area contributed by atoms with Crippen LogP contribution in [0, 0.1) is 11.8 Å². The molecule has 0 bridgehead atoms. The monoisotopic (exact) mass is 286 g/mol. The summed E-state index contributed by atoms with van der Waals surface area (Å²) in [4.78, 5) is 0. The van der Waals surface area contributed by atoms with E-state index in [0.717, 1.165) is 13.0 Å². The van der Waals surface area contributed by atoms with Crippen molar-refractivity contribution in [2.75, 3.05) is 19.8 Å². The zero-order chi connectivity index (χ0) is 14.7. The van der Waals surface area contributed by atoms with Crippen molar-refractivity contribution in [1.82, 2.24) is 0 Å². The lowest BCUT2D eigenvalue weighted by Gasteiger charge is -2.38. The molecule has 112 valence electrons. The van der Waals surface area contributed by atoms with E-state index in [1.165, 1.54) is 0 Å². The van der Waals surface area contributed by atoms with E-state index in [2.05, 4.69) is 40.4 Å². The van der Waals surface area contributed by atoms with Gasteiger partial charge in [0, 0.05) is 31.7 Å². The number of hydrogen-bond donors (Lipinski definition) is 1. The second kappa shape index (κ2) is 6.53. The summed E-state index contributed by atoms with van der Waals surface area (Å²) in [6.45, 7) is 16.7. The van der Waals surface area contributed by atoms with Crippen LogP contribution in [-0.4, -0.2) is 39.3 Å². The van der Waals surface area contributed by atoms with Crippen molar-refractivity contribution in [3.63, 3.8) is 0 Å². The molecule has 19 heavy (non-hydrogen) atoms. The van der Waals surface area contributed by atoms with Crippen molar-refractivity contribution in [2.24, 2.45) is 11.8 Å². The zero-order valence-electron chi connectivity index (χ0n) is 13.1. The number of aliphatic hydroxyl groups excluding tert-OH is 1. The van der Waals surface area contributed by atoms with Gasteiger partial charge in [-0.1, -0.05) is 26.8 Å². The quantitative estimate of drug-likeness (QED) is 0.602. The molecule has 0 radical (unpaired) electrons. The van der Waals surface area contributed by atoms with Crippen molar-refractivity contribution in [3.8, 4) is 0 Å². The molecule has 0 amide bonds. The largest absolute Gasteiger partial charge is 0.416 e.